The Balaban J connectivity index is 4.64. The molecule has 0 aromatic carbocycles. The molecule has 0 aliphatic carbocycles. The number of carbonyl (C=O) groups is 3. The molecule has 0 amide bonds. The van der Waals surface area contributed by atoms with E-state index < -0.39 is 12.1 Å². The number of rotatable bonds is 48. The largest absolute Gasteiger partial charge is 0.462 e. The number of unbranched alkanes of at least 4 members (excludes halogenated alkanes) is 11. The summed E-state index contributed by atoms with van der Waals surface area (Å²) < 4.78 is 16.7. The van der Waals surface area contributed by atoms with Crippen LogP contribution in [0.25, 0.3) is 0 Å². The molecule has 0 aliphatic heterocycles. The van der Waals surface area contributed by atoms with Gasteiger partial charge in [0.1, 0.15) is 13.2 Å². The van der Waals surface area contributed by atoms with Gasteiger partial charge in [0.25, 0.3) is 0 Å². The van der Waals surface area contributed by atoms with Crippen molar-refractivity contribution >= 4 is 17.9 Å². The van der Waals surface area contributed by atoms with Gasteiger partial charge in [-0.25, -0.2) is 0 Å². The highest BCUT2D eigenvalue weighted by Gasteiger charge is 2.19. The molecule has 6 nitrogen and oxygen atoms in total. The lowest BCUT2D eigenvalue weighted by atomic mass is 10.1. The zero-order chi connectivity index (χ0) is 51.4. The van der Waals surface area contributed by atoms with Crippen molar-refractivity contribution in [3.05, 3.63) is 158 Å². The first kappa shape index (κ1) is 66.0. The smallest absolute Gasteiger partial charge is 0.306 e. The molecule has 0 fully saturated rings. The standard InChI is InChI=1S/C65H100O6/c1-4-7-10-13-16-19-22-25-28-31-32-35-37-40-43-46-49-52-55-58-64(67)70-61-62(71-65(68)59-56-53-50-47-44-41-38-34-30-27-24-21-18-15-12-9-6-3)60-69-63(66)57-54-51-48-45-42-39-36-33-29-26-23-20-17-14-11-8-5-2/h7,9-10,12,16-21,25-30,32,35,38,40-41,43,47,49-50,52,62H,4-6,8,11,13-15,22-24,31,33-34,36-37,39,42,44-46,48,51,53-61H2,1-3H3/b10-7-,12-9-,19-16-,20-17-,21-18-,28-25-,29-26-,30-27-,35-32-,41-38-,43-40-,50-47-,52-49-/t62-/m0/s1. The van der Waals surface area contributed by atoms with E-state index in [1.165, 1.54) is 51.4 Å². The van der Waals surface area contributed by atoms with Gasteiger partial charge in [-0.2, -0.15) is 0 Å². The van der Waals surface area contributed by atoms with Crippen molar-refractivity contribution in [3.63, 3.8) is 0 Å². The predicted octanol–water partition coefficient (Wildman–Crippen LogP) is 19.0. The molecule has 0 bridgehead atoms. The van der Waals surface area contributed by atoms with E-state index >= 15 is 0 Å². The molecule has 0 aromatic heterocycles. The Hall–Kier alpha value is -4.97. The number of allylic oxidation sites excluding steroid dienone is 26. The lowest BCUT2D eigenvalue weighted by Gasteiger charge is -2.18. The summed E-state index contributed by atoms with van der Waals surface area (Å²) in [6.45, 7) is 6.25. The molecular weight excluding hydrogens is 877 g/mol. The highest BCUT2D eigenvalue weighted by atomic mass is 16.6. The minimum absolute atomic E-state index is 0.135. The lowest BCUT2D eigenvalue weighted by Crippen LogP contribution is -2.30. The van der Waals surface area contributed by atoms with Crippen LogP contribution in [0.1, 0.15) is 213 Å². The van der Waals surface area contributed by atoms with Gasteiger partial charge in [-0.3, -0.25) is 14.4 Å². The third kappa shape index (κ3) is 55.8. The molecule has 6 heteroatoms. The van der Waals surface area contributed by atoms with Crippen LogP contribution < -0.4 is 0 Å². The molecule has 396 valence electrons. The van der Waals surface area contributed by atoms with Gasteiger partial charge in [0, 0.05) is 19.3 Å². The second kappa shape index (κ2) is 57.6. The van der Waals surface area contributed by atoms with E-state index in [-0.39, 0.29) is 38.0 Å². The predicted molar refractivity (Wildman–Crippen MR) is 306 cm³/mol. The Morgan fingerprint density at radius 3 is 0.986 bits per heavy atom. The van der Waals surface area contributed by atoms with Crippen molar-refractivity contribution < 1.29 is 28.6 Å². The summed E-state index contributed by atoms with van der Waals surface area (Å²) in [7, 11) is 0. The number of ether oxygens (including phenoxy) is 3. The Bertz CT molecular complexity index is 1640. The van der Waals surface area contributed by atoms with Gasteiger partial charge in [0.05, 0.1) is 0 Å². The van der Waals surface area contributed by atoms with Crippen LogP contribution in [0.15, 0.2) is 158 Å². The summed E-state index contributed by atoms with van der Waals surface area (Å²) >= 11 is 0. The van der Waals surface area contributed by atoms with Crippen LogP contribution in [0, 0.1) is 0 Å². The first-order valence-corrected chi connectivity index (χ1v) is 28.0. The fourth-order valence-corrected chi connectivity index (χ4v) is 6.89. The molecule has 0 heterocycles. The highest BCUT2D eigenvalue weighted by molar-refractivity contribution is 5.71. The second-order valence-corrected chi connectivity index (χ2v) is 17.7. The van der Waals surface area contributed by atoms with Crippen LogP contribution >= 0.6 is 0 Å². The molecule has 0 spiro atoms. The van der Waals surface area contributed by atoms with E-state index in [1.807, 2.05) is 12.2 Å². The molecule has 1 atom stereocenters. The van der Waals surface area contributed by atoms with Gasteiger partial charge < -0.3 is 14.2 Å². The first-order valence-electron chi connectivity index (χ1n) is 28.0. The van der Waals surface area contributed by atoms with Crippen LogP contribution in [0.5, 0.6) is 0 Å². The van der Waals surface area contributed by atoms with Crippen molar-refractivity contribution in [2.45, 2.75) is 219 Å². The topological polar surface area (TPSA) is 78.9 Å². The zero-order valence-electron chi connectivity index (χ0n) is 45.2. The number of hydrogen-bond donors (Lipinski definition) is 0. The molecule has 0 aliphatic rings. The maximum Gasteiger partial charge on any atom is 0.306 e. The minimum atomic E-state index is -0.850. The van der Waals surface area contributed by atoms with Gasteiger partial charge in [0.2, 0.25) is 0 Å². The van der Waals surface area contributed by atoms with Crippen LogP contribution in [-0.2, 0) is 28.6 Å². The van der Waals surface area contributed by atoms with Gasteiger partial charge in [-0.05, 0) is 128 Å². The third-order valence-corrected chi connectivity index (χ3v) is 11.0. The summed E-state index contributed by atoms with van der Waals surface area (Å²) in [5.41, 5.74) is 0. The molecule has 0 saturated carbocycles. The summed E-state index contributed by atoms with van der Waals surface area (Å²) in [6.07, 6.45) is 83.9. The van der Waals surface area contributed by atoms with E-state index in [2.05, 4.69) is 167 Å². The number of hydrogen-bond acceptors (Lipinski definition) is 6. The fourth-order valence-electron chi connectivity index (χ4n) is 6.89. The maximum atomic E-state index is 12.8. The van der Waals surface area contributed by atoms with Gasteiger partial charge in [-0.15, -0.1) is 0 Å². The maximum absolute atomic E-state index is 12.8. The molecule has 0 aromatic rings. The summed E-state index contributed by atoms with van der Waals surface area (Å²) in [5.74, 6) is -1.10. The lowest BCUT2D eigenvalue weighted by molar-refractivity contribution is -0.166. The van der Waals surface area contributed by atoms with Crippen molar-refractivity contribution in [1.29, 1.82) is 0 Å². The fraction of sp³-hybridized carbons (Fsp3) is 0.554. The minimum Gasteiger partial charge on any atom is -0.462 e. The number of carbonyl (C=O) groups excluding carboxylic acids is 3. The normalized spacial score (nSPS) is 13.3. The Morgan fingerprint density at radius 1 is 0.296 bits per heavy atom. The van der Waals surface area contributed by atoms with E-state index in [4.69, 9.17) is 14.2 Å². The Morgan fingerprint density at radius 2 is 0.592 bits per heavy atom. The van der Waals surface area contributed by atoms with Gasteiger partial charge in [0.15, 0.2) is 6.10 Å². The molecule has 0 radical (unpaired) electrons. The second-order valence-electron chi connectivity index (χ2n) is 17.7. The highest BCUT2D eigenvalue weighted by Crippen LogP contribution is 2.12. The molecule has 71 heavy (non-hydrogen) atoms. The molecule has 0 unspecified atom stereocenters. The van der Waals surface area contributed by atoms with Crippen LogP contribution in [0.3, 0.4) is 0 Å². The first-order chi connectivity index (χ1) is 35.0. The van der Waals surface area contributed by atoms with Crippen molar-refractivity contribution in [1.82, 2.24) is 0 Å². The average Bonchev–Trinajstić information content (AvgIpc) is 3.37. The van der Waals surface area contributed by atoms with Gasteiger partial charge >= 0.3 is 17.9 Å². The number of esters is 3. The summed E-state index contributed by atoms with van der Waals surface area (Å²) in [5, 5.41) is 0. The van der Waals surface area contributed by atoms with Crippen LogP contribution in [0.2, 0.25) is 0 Å². The summed E-state index contributed by atoms with van der Waals surface area (Å²) in [6, 6.07) is 0. The van der Waals surface area contributed by atoms with Crippen LogP contribution in [0.4, 0.5) is 0 Å². The zero-order valence-corrected chi connectivity index (χ0v) is 45.2. The third-order valence-electron chi connectivity index (χ3n) is 11.0. The monoisotopic (exact) mass is 977 g/mol. The van der Waals surface area contributed by atoms with Crippen molar-refractivity contribution in [2.24, 2.45) is 0 Å². The van der Waals surface area contributed by atoms with E-state index in [0.29, 0.717) is 19.3 Å². The Kier molecular flexibility index (Phi) is 53.6. The van der Waals surface area contributed by atoms with Crippen LogP contribution in [-0.4, -0.2) is 37.2 Å². The summed E-state index contributed by atoms with van der Waals surface area (Å²) in [4.78, 5) is 38.1. The molecule has 0 N–H and O–H groups in total. The van der Waals surface area contributed by atoms with E-state index in [0.717, 1.165) is 109 Å². The molecule has 0 saturated heterocycles. The molecular formula is C65H100O6. The SMILES string of the molecule is CC/C=C\C/C=C\C/C=C\C/C=C\C/C=C\C/C=C\CCC(=O)OC[C@H](COC(=O)CCCCCCCCC/C=C\C/C=C\CCCCC)OC(=O)CCC/C=C\C/C=C\C/C=C\C/C=C\C/C=C\CC. The van der Waals surface area contributed by atoms with E-state index in [1.54, 1.807) is 0 Å². The van der Waals surface area contributed by atoms with E-state index in [9.17, 15) is 14.4 Å². The van der Waals surface area contributed by atoms with Crippen molar-refractivity contribution in [3.8, 4) is 0 Å². The average molecular weight is 978 g/mol. The van der Waals surface area contributed by atoms with Crippen molar-refractivity contribution in [2.75, 3.05) is 13.2 Å². The quantitative estimate of drug-likeness (QED) is 0.0262. The Labute approximate surface area is 435 Å². The molecule has 0 rings (SSSR count). The van der Waals surface area contributed by atoms with Gasteiger partial charge in [-0.1, -0.05) is 224 Å².